The summed E-state index contributed by atoms with van der Waals surface area (Å²) in [4.78, 5) is 0. The molecule has 0 aromatic rings. The van der Waals surface area contributed by atoms with Gasteiger partial charge in [0, 0.05) is 0 Å². The van der Waals surface area contributed by atoms with Crippen molar-refractivity contribution in [2.45, 2.75) is 52.4 Å². The van der Waals surface area contributed by atoms with E-state index in [9.17, 15) is 0 Å². The van der Waals surface area contributed by atoms with Crippen LogP contribution in [-0.2, 0) is 0 Å². The highest BCUT2D eigenvalue weighted by Gasteiger charge is 2.94. The first kappa shape index (κ1) is 7.30. The lowest BCUT2D eigenvalue weighted by Crippen LogP contribution is -2.93. The lowest BCUT2D eigenvalue weighted by Gasteiger charge is -2.99. The van der Waals surface area contributed by atoms with Gasteiger partial charge in [-0.25, -0.2) is 0 Å². The molecule has 0 bridgehead atoms. The normalized spacial score (nSPS) is 81.0. The van der Waals surface area contributed by atoms with Gasteiger partial charge in [0.05, 0.1) is 0 Å². The summed E-state index contributed by atoms with van der Waals surface area (Å²) in [6, 6.07) is 0. The molecule has 0 radical (unpaired) electrons. The Bertz CT molecular complexity index is 336. The summed E-state index contributed by atoms with van der Waals surface area (Å²) in [6.45, 7) is 5.21. The molecule has 2 spiro atoms. The summed E-state index contributed by atoms with van der Waals surface area (Å²) in [6.07, 6.45) is 9.56. The molecule has 76 valence electrons. The molecule has 0 heterocycles. The third kappa shape index (κ3) is 0.323. The van der Waals surface area contributed by atoms with E-state index in [0.29, 0.717) is 0 Å². The molecular formula is C14H20. The first-order valence-electron chi connectivity index (χ1n) is 6.60. The molecule has 0 aromatic carbocycles. The minimum Gasteiger partial charge on any atom is -0.0591 e. The summed E-state index contributed by atoms with van der Waals surface area (Å²) in [7, 11) is 0. The van der Waals surface area contributed by atoms with Gasteiger partial charge in [0.15, 0.2) is 0 Å². The Labute approximate surface area is 86.5 Å². The van der Waals surface area contributed by atoms with E-state index in [1.807, 2.05) is 0 Å². The van der Waals surface area contributed by atoms with E-state index >= 15 is 0 Å². The van der Waals surface area contributed by atoms with Crippen molar-refractivity contribution < 1.29 is 0 Å². The smallest absolute Gasteiger partial charge is 0.0148 e. The van der Waals surface area contributed by atoms with Gasteiger partial charge < -0.3 is 0 Å². The Hall–Kier alpha value is 0. The fourth-order valence-corrected chi connectivity index (χ4v) is 7.59. The van der Waals surface area contributed by atoms with E-state index in [2.05, 4.69) is 13.8 Å². The van der Waals surface area contributed by atoms with Crippen LogP contribution in [0, 0.1) is 33.5 Å². The van der Waals surface area contributed by atoms with E-state index in [0.717, 1.165) is 21.7 Å². The number of rotatable bonds is 0. The second-order valence-corrected chi connectivity index (χ2v) is 7.69. The van der Waals surface area contributed by atoms with E-state index in [1.165, 1.54) is 11.8 Å². The summed E-state index contributed by atoms with van der Waals surface area (Å²) in [5.41, 5.74) is 3.48. The van der Waals surface area contributed by atoms with Crippen LogP contribution in [0.3, 0.4) is 0 Å². The maximum absolute atomic E-state index is 2.61. The third-order valence-electron chi connectivity index (χ3n) is 8.18. The lowest BCUT2D eigenvalue weighted by molar-refractivity contribution is -0.513. The van der Waals surface area contributed by atoms with Gasteiger partial charge in [-0.2, -0.15) is 0 Å². The second kappa shape index (κ2) is 1.44. The Balaban J connectivity index is 1.70. The van der Waals surface area contributed by atoms with Crippen molar-refractivity contribution in [2.75, 3.05) is 0 Å². The van der Waals surface area contributed by atoms with Crippen LogP contribution in [-0.4, -0.2) is 0 Å². The molecular weight excluding hydrogens is 168 g/mol. The van der Waals surface area contributed by atoms with Gasteiger partial charge in [-0.3, -0.25) is 0 Å². The molecule has 5 aliphatic carbocycles. The number of hydrogen-bond donors (Lipinski definition) is 0. The highest BCUT2D eigenvalue weighted by molar-refractivity contribution is 5.42. The van der Waals surface area contributed by atoms with Crippen molar-refractivity contribution in [3.63, 3.8) is 0 Å². The van der Waals surface area contributed by atoms with Crippen LogP contribution in [0.15, 0.2) is 0 Å². The molecule has 14 heavy (non-hydrogen) atoms. The second-order valence-electron chi connectivity index (χ2n) is 7.69. The van der Waals surface area contributed by atoms with E-state index in [-0.39, 0.29) is 0 Å². The Morgan fingerprint density at radius 1 is 0.714 bits per heavy atom. The molecule has 5 saturated carbocycles. The molecule has 6 unspecified atom stereocenters. The summed E-state index contributed by atoms with van der Waals surface area (Å²) >= 11 is 0. The zero-order valence-electron chi connectivity index (χ0n) is 9.40. The lowest BCUT2D eigenvalue weighted by atomic mass is 9.05. The molecule has 0 nitrogen and oxygen atoms in total. The van der Waals surface area contributed by atoms with Crippen molar-refractivity contribution >= 4 is 0 Å². The quantitative estimate of drug-likeness (QED) is 0.544. The van der Waals surface area contributed by atoms with Crippen molar-refractivity contribution in [1.82, 2.24) is 0 Å². The Morgan fingerprint density at radius 2 is 1.14 bits per heavy atom. The van der Waals surface area contributed by atoms with Gasteiger partial charge >= 0.3 is 0 Å². The highest BCUT2D eigenvalue weighted by Crippen LogP contribution is 3.01. The fraction of sp³-hybridized carbons (Fsp3) is 1.00. The van der Waals surface area contributed by atoms with Crippen molar-refractivity contribution in [3.05, 3.63) is 0 Å². The first-order chi connectivity index (χ1) is 6.60. The van der Waals surface area contributed by atoms with Gasteiger partial charge in [0.2, 0.25) is 0 Å². The third-order valence-corrected chi connectivity index (χ3v) is 8.18. The molecule has 0 N–H and O–H groups in total. The predicted octanol–water partition coefficient (Wildman–Crippen LogP) is 3.61. The maximum atomic E-state index is 2.61. The summed E-state index contributed by atoms with van der Waals surface area (Å²) in [5.74, 6) is 2.41. The van der Waals surface area contributed by atoms with Crippen molar-refractivity contribution in [1.29, 1.82) is 0 Å². The maximum Gasteiger partial charge on any atom is -0.0148 e. The summed E-state index contributed by atoms with van der Waals surface area (Å²) in [5, 5.41) is 0. The fourth-order valence-electron chi connectivity index (χ4n) is 7.59. The average molecular weight is 188 g/mol. The molecule has 0 aliphatic heterocycles. The minimum atomic E-state index is 0.830. The van der Waals surface area contributed by atoms with Gasteiger partial charge in [0.1, 0.15) is 0 Å². The van der Waals surface area contributed by atoms with Gasteiger partial charge in [-0.1, -0.05) is 13.8 Å². The van der Waals surface area contributed by atoms with Crippen LogP contribution in [0.4, 0.5) is 0 Å². The molecule has 0 amide bonds. The van der Waals surface area contributed by atoms with E-state index < -0.39 is 0 Å². The highest BCUT2D eigenvalue weighted by atomic mass is 15.0. The van der Waals surface area contributed by atoms with Gasteiger partial charge in [-0.05, 0) is 72.0 Å². The number of fused-ring (bicyclic) bond motifs is 1. The molecule has 5 fully saturated rings. The largest absolute Gasteiger partial charge is 0.0591 e. The number of hydrogen-bond acceptors (Lipinski definition) is 0. The topological polar surface area (TPSA) is 0 Å². The van der Waals surface area contributed by atoms with E-state index in [1.54, 1.807) is 38.5 Å². The van der Waals surface area contributed by atoms with Gasteiger partial charge in [0.25, 0.3) is 0 Å². The van der Waals surface area contributed by atoms with Gasteiger partial charge in [-0.15, -0.1) is 0 Å². The first-order valence-corrected chi connectivity index (χ1v) is 6.60. The molecule has 5 aliphatic rings. The molecule has 6 atom stereocenters. The monoisotopic (exact) mass is 188 g/mol. The van der Waals surface area contributed by atoms with Crippen LogP contribution in [0.1, 0.15) is 52.4 Å². The van der Waals surface area contributed by atoms with Crippen molar-refractivity contribution in [3.8, 4) is 0 Å². The SMILES string of the molecule is CC12CCC13C(C2)C1CC2(C)CCC123. The van der Waals surface area contributed by atoms with Crippen LogP contribution < -0.4 is 0 Å². The van der Waals surface area contributed by atoms with Crippen molar-refractivity contribution in [2.24, 2.45) is 33.5 Å². The van der Waals surface area contributed by atoms with Crippen LogP contribution >= 0.6 is 0 Å². The van der Waals surface area contributed by atoms with Crippen LogP contribution in [0.5, 0.6) is 0 Å². The van der Waals surface area contributed by atoms with Crippen LogP contribution in [0.25, 0.3) is 0 Å². The zero-order valence-corrected chi connectivity index (χ0v) is 9.40. The zero-order chi connectivity index (χ0) is 9.40. The molecule has 0 saturated heterocycles. The average Bonchev–Trinajstić information content (AvgIpc) is 2.15. The predicted molar refractivity (Wildman–Crippen MR) is 55.8 cm³/mol. The standard InChI is InChI=1S/C14H20/c1-11-3-5-13(11)9(7-11)10-8-12(2)4-6-14(10,12)13/h9-10H,3-8H2,1-2H3. The molecule has 5 rings (SSSR count). The Morgan fingerprint density at radius 3 is 1.36 bits per heavy atom. The van der Waals surface area contributed by atoms with E-state index in [4.69, 9.17) is 0 Å². The summed E-state index contributed by atoms with van der Waals surface area (Å²) < 4.78 is 0. The minimum absolute atomic E-state index is 0.830. The Kier molecular flexibility index (Phi) is 0.753. The molecule has 0 heteroatoms. The van der Waals surface area contributed by atoms with Crippen LogP contribution in [0.2, 0.25) is 0 Å². The molecule has 0 aromatic heterocycles.